The highest BCUT2D eigenvalue weighted by atomic mass is 32.2. The first-order chi connectivity index (χ1) is 14.2. The predicted molar refractivity (Wildman–Crippen MR) is 112 cm³/mol. The van der Waals surface area contributed by atoms with E-state index in [1.807, 2.05) is 30.3 Å². The van der Waals surface area contributed by atoms with Crippen molar-refractivity contribution in [2.75, 3.05) is 32.1 Å². The number of hydrogen-bond acceptors (Lipinski definition) is 5. The number of rotatable bonds is 5. The van der Waals surface area contributed by atoms with Gasteiger partial charge in [-0.2, -0.15) is 5.10 Å². The molecule has 1 aliphatic rings. The van der Waals surface area contributed by atoms with E-state index in [0.29, 0.717) is 24.2 Å². The lowest BCUT2D eigenvalue weighted by Crippen LogP contribution is -2.37. The summed E-state index contributed by atoms with van der Waals surface area (Å²) in [5.41, 5.74) is 3.14. The number of amides is 2. The molecular formula is C20H23N5O4S. The maximum absolute atomic E-state index is 13.0. The van der Waals surface area contributed by atoms with Gasteiger partial charge in [0.05, 0.1) is 12.3 Å². The summed E-state index contributed by atoms with van der Waals surface area (Å²) in [4.78, 5) is 32.0. The molecule has 30 heavy (non-hydrogen) atoms. The summed E-state index contributed by atoms with van der Waals surface area (Å²) < 4.78 is 22.8. The maximum atomic E-state index is 13.0. The Bertz CT molecular complexity index is 1190. The van der Waals surface area contributed by atoms with Gasteiger partial charge in [-0.1, -0.05) is 18.2 Å². The number of nitrogens with one attached hydrogen (secondary N) is 2. The SMILES string of the molecule is CN(CCS(C)(=O)=O)C(=O)c1n[nH]c2c1CN(C(=O)c1cc3ccccc3[nH]1)CC2. The van der Waals surface area contributed by atoms with Crippen molar-refractivity contribution in [1.82, 2.24) is 25.0 Å². The minimum Gasteiger partial charge on any atom is -0.351 e. The Morgan fingerprint density at radius 2 is 2.03 bits per heavy atom. The summed E-state index contributed by atoms with van der Waals surface area (Å²) in [6, 6.07) is 9.51. The molecule has 2 amide bonds. The Hall–Kier alpha value is -3.14. The van der Waals surface area contributed by atoms with Crippen molar-refractivity contribution in [2.24, 2.45) is 0 Å². The van der Waals surface area contributed by atoms with Crippen molar-refractivity contribution in [1.29, 1.82) is 0 Å². The van der Waals surface area contributed by atoms with Gasteiger partial charge in [-0.3, -0.25) is 14.7 Å². The van der Waals surface area contributed by atoms with Gasteiger partial charge in [0.25, 0.3) is 11.8 Å². The van der Waals surface area contributed by atoms with Gasteiger partial charge in [0.1, 0.15) is 15.5 Å². The molecule has 1 aromatic carbocycles. The monoisotopic (exact) mass is 429 g/mol. The van der Waals surface area contributed by atoms with E-state index in [1.165, 1.54) is 4.90 Å². The van der Waals surface area contributed by atoms with Crippen molar-refractivity contribution < 1.29 is 18.0 Å². The molecule has 3 heterocycles. The van der Waals surface area contributed by atoms with Crippen LogP contribution in [0.1, 0.15) is 32.2 Å². The molecule has 0 saturated carbocycles. The Kier molecular flexibility index (Phi) is 5.10. The molecule has 2 N–H and O–H groups in total. The highest BCUT2D eigenvalue weighted by molar-refractivity contribution is 7.90. The van der Waals surface area contributed by atoms with Crippen molar-refractivity contribution in [3.05, 3.63) is 53.0 Å². The number of aromatic amines is 2. The van der Waals surface area contributed by atoms with Crippen LogP contribution in [0.2, 0.25) is 0 Å². The van der Waals surface area contributed by atoms with Crippen LogP contribution in [0.15, 0.2) is 30.3 Å². The minimum atomic E-state index is -3.18. The number of hydrogen-bond donors (Lipinski definition) is 2. The second-order valence-corrected chi connectivity index (χ2v) is 9.89. The van der Waals surface area contributed by atoms with Crippen LogP contribution >= 0.6 is 0 Å². The Morgan fingerprint density at radius 3 is 2.77 bits per heavy atom. The van der Waals surface area contributed by atoms with E-state index in [4.69, 9.17) is 0 Å². The highest BCUT2D eigenvalue weighted by Gasteiger charge is 2.30. The van der Waals surface area contributed by atoms with Gasteiger partial charge >= 0.3 is 0 Å². The molecule has 0 fully saturated rings. The molecule has 2 aromatic heterocycles. The van der Waals surface area contributed by atoms with E-state index in [0.717, 1.165) is 22.9 Å². The fraction of sp³-hybridized carbons (Fsp3) is 0.350. The molecule has 0 unspecified atom stereocenters. The average Bonchev–Trinajstić information content (AvgIpc) is 3.33. The number of nitrogens with zero attached hydrogens (tertiary/aromatic N) is 3. The van der Waals surface area contributed by atoms with E-state index >= 15 is 0 Å². The smallest absolute Gasteiger partial charge is 0.274 e. The standard InChI is InChI=1S/C20H23N5O4S/c1-24(9-10-30(2,28)29)20(27)18-14-12-25(8-7-16(14)22-23-18)19(26)17-11-13-5-3-4-6-15(13)21-17/h3-6,11,21H,7-10,12H2,1-2H3,(H,22,23). The Labute approximate surface area is 174 Å². The fourth-order valence-electron chi connectivity index (χ4n) is 3.59. The van der Waals surface area contributed by atoms with Crippen LogP contribution in [0.5, 0.6) is 0 Å². The summed E-state index contributed by atoms with van der Waals surface area (Å²) in [5, 5.41) is 8.01. The Balaban J connectivity index is 1.52. The molecule has 0 radical (unpaired) electrons. The van der Waals surface area contributed by atoms with Crippen LogP contribution in [0.3, 0.4) is 0 Å². The largest absolute Gasteiger partial charge is 0.351 e. The molecule has 3 aromatic rings. The van der Waals surface area contributed by atoms with Crippen LogP contribution < -0.4 is 0 Å². The van der Waals surface area contributed by atoms with E-state index in [1.54, 1.807) is 11.9 Å². The van der Waals surface area contributed by atoms with Crippen molar-refractivity contribution in [2.45, 2.75) is 13.0 Å². The molecule has 0 spiro atoms. The van der Waals surface area contributed by atoms with Gasteiger partial charge in [0, 0.05) is 55.0 Å². The van der Waals surface area contributed by atoms with Gasteiger partial charge in [0.2, 0.25) is 0 Å². The van der Waals surface area contributed by atoms with Crippen molar-refractivity contribution in [3.63, 3.8) is 0 Å². The third kappa shape index (κ3) is 3.95. The molecule has 158 valence electrons. The number of carbonyl (C=O) groups excluding carboxylic acids is 2. The van der Waals surface area contributed by atoms with Gasteiger partial charge in [-0.25, -0.2) is 8.42 Å². The number of fused-ring (bicyclic) bond motifs is 2. The van der Waals surface area contributed by atoms with Gasteiger partial charge in [0.15, 0.2) is 5.69 Å². The lowest BCUT2D eigenvalue weighted by atomic mass is 10.0. The van der Waals surface area contributed by atoms with Crippen LogP contribution in [0.25, 0.3) is 10.9 Å². The second kappa shape index (κ2) is 7.60. The van der Waals surface area contributed by atoms with E-state index in [2.05, 4.69) is 15.2 Å². The summed E-state index contributed by atoms with van der Waals surface area (Å²) in [6.07, 6.45) is 1.70. The number of aromatic nitrogens is 3. The first-order valence-corrected chi connectivity index (χ1v) is 11.7. The molecule has 0 bridgehead atoms. The van der Waals surface area contributed by atoms with Crippen LogP contribution in [-0.4, -0.2) is 77.4 Å². The average molecular weight is 430 g/mol. The quantitative estimate of drug-likeness (QED) is 0.632. The molecule has 0 atom stereocenters. The molecule has 0 aliphatic carbocycles. The number of carbonyl (C=O) groups is 2. The Morgan fingerprint density at radius 1 is 1.27 bits per heavy atom. The highest BCUT2D eigenvalue weighted by Crippen LogP contribution is 2.24. The number of para-hydroxylation sites is 1. The maximum Gasteiger partial charge on any atom is 0.274 e. The van der Waals surface area contributed by atoms with Gasteiger partial charge < -0.3 is 14.8 Å². The third-order valence-electron chi connectivity index (χ3n) is 5.33. The number of benzene rings is 1. The predicted octanol–water partition coefficient (Wildman–Crippen LogP) is 1.21. The molecular weight excluding hydrogens is 406 g/mol. The fourth-order valence-corrected chi connectivity index (χ4v) is 4.19. The molecule has 4 rings (SSSR count). The van der Waals surface area contributed by atoms with Crippen LogP contribution in [0.4, 0.5) is 0 Å². The summed E-state index contributed by atoms with van der Waals surface area (Å²) in [6.45, 7) is 0.860. The molecule has 9 nitrogen and oxygen atoms in total. The molecule has 0 saturated heterocycles. The zero-order chi connectivity index (χ0) is 21.5. The lowest BCUT2D eigenvalue weighted by Gasteiger charge is -2.27. The van der Waals surface area contributed by atoms with E-state index < -0.39 is 9.84 Å². The molecule has 10 heteroatoms. The lowest BCUT2D eigenvalue weighted by molar-refractivity contribution is 0.0720. The molecule has 1 aliphatic heterocycles. The number of H-pyrrole nitrogens is 2. The topological polar surface area (TPSA) is 119 Å². The summed E-state index contributed by atoms with van der Waals surface area (Å²) in [7, 11) is -1.63. The second-order valence-electron chi connectivity index (χ2n) is 7.63. The minimum absolute atomic E-state index is 0.0804. The first-order valence-electron chi connectivity index (χ1n) is 9.59. The third-order valence-corrected chi connectivity index (χ3v) is 6.25. The first kappa shape index (κ1) is 20.1. The van der Waals surface area contributed by atoms with Crippen molar-refractivity contribution in [3.8, 4) is 0 Å². The van der Waals surface area contributed by atoms with Crippen molar-refractivity contribution >= 4 is 32.6 Å². The van der Waals surface area contributed by atoms with Gasteiger partial charge in [-0.15, -0.1) is 0 Å². The number of sulfone groups is 1. The zero-order valence-corrected chi connectivity index (χ0v) is 17.6. The van der Waals surface area contributed by atoms with Crippen LogP contribution in [0, 0.1) is 0 Å². The van der Waals surface area contributed by atoms with Crippen LogP contribution in [-0.2, 0) is 22.8 Å². The zero-order valence-electron chi connectivity index (χ0n) is 16.8. The summed E-state index contributed by atoms with van der Waals surface area (Å²) >= 11 is 0. The van der Waals surface area contributed by atoms with E-state index in [9.17, 15) is 18.0 Å². The normalized spacial score (nSPS) is 14.0. The summed E-state index contributed by atoms with van der Waals surface area (Å²) in [5.74, 6) is -0.620. The van der Waals surface area contributed by atoms with Gasteiger partial charge in [-0.05, 0) is 12.1 Å². The van der Waals surface area contributed by atoms with E-state index in [-0.39, 0.29) is 36.4 Å².